The number of hydrogen-bond donors (Lipinski definition) is 2. The fraction of sp³-hybridized carbons (Fsp3) is 0.273. The summed E-state index contributed by atoms with van der Waals surface area (Å²) in [5.41, 5.74) is 6.68. The Bertz CT molecular complexity index is 882. The third kappa shape index (κ3) is 6.54. The number of benzene rings is 2. The predicted octanol–water partition coefficient (Wildman–Crippen LogP) is 3.74. The van der Waals surface area contributed by atoms with Crippen molar-refractivity contribution in [3.05, 3.63) is 64.7 Å². The minimum absolute atomic E-state index is 0.335. The summed E-state index contributed by atoms with van der Waals surface area (Å²) in [6.07, 6.45) is 2.87. The molecule has 0 aliphatic heterocycles. The van der Waals surface area contributed by atoms with Gasteiger partial charge in [-0.1, -0.05) is 55.8 Å². The van der Waals surface area contributed by atoms with Gasteiger partial charge in [-0.2, -0.15) is 0 Å². The Labute approximate surface area is 175 Å². The lowest BCUT2D eigenvalue weighted by Crippen LogP contribution is -2.36. The van der Waals surface area contributed by atoms with Gasteiger partial charge in [-0.15, -0.1) is 0 Å². The minimum atomic E-state index is -0.918. The normalized spacial score (nSPS) is 12.0. The van der Waals surface area contributed by atoms with Crippen molar-refractivity contribution >= 4 is 29.5 Å². The molecule has 0 radical (unpaired) electrons. The number of carbonyl (C=O) groups excluding carboxylic acids is 2. The van der Waals surface area contributed by atoms with Crippen LogP contribution in [0.3, 0.4) is 0 Å². The summed E-state index contributed by atoms with van der Waals surface area (Å²) in [4.78, 5) is 24.0. The van der Waals surface area contributed by atoms with E-state index in [1.165, 1.54) is 13.2 Å². The van der Waals surface area contributed by atoms with Crippen molar-refractivity contribution in [3.8, 4) is 11.5 Å². The smallest absolute Gasteiger partial charge is 0.244 e. The zero-order valence-electron chi connectivity index (χ0n) is 16.6. The first-order valence-corrected chi connectivity index (χ1v) is 9.52. The fourth-order valence-corrected chi connectivity index (χ4v) is 2.83. The Kier molecular flexibility index (Phi) is 8.09. The molecule has 2 rings (SSSR count). The Morgan fingerprint density at radius 3 is 2.48 bits per heavy atom. The third-order valence-corrected chi connectivity index (χ3v) is 4.22. The molecule has 2 aromatic rings. The Hall–Kier alpha value is -2.99. The second kappa shape index (κ2) is 10.5. The number of nitrogens with one attached hydrogen (secondary N) is 1. The van der Waals surface area contributed by atoms with Crippen molar-refractivity contribution in [2.75, 3.05) is 13.7 Å². The van der Waals surface area contributed by atoms with E-state index in [2.05, 4.69) is 5.32 Å². The molecule has 0 saturated heterocycles. The number of methoxy groups -OCH3 is 1. The van der Waals surface area contributed by atoms with Gasteiger partial charge in [0.25, 0.3) is 0 Å². The van der Waals surface area contributed by atoms with Crippen molar-refractivity contribution < 1.29 is 19.1 Å². The SMILES string of the molecule is COc1cc(C=CC(=O)NC(C(N)=O)c2ccccc2)cc(Cl)c1OCC(C)C. The zero-order valence-corrected chi connectivity index (χ0v) is 17.4. The minimum Gasteiger partial charge on any atom is -0.493 e. The lowest BCUT2D eigenvalue weighted by Gasteiger charge is -2.15. The van der Waals surface area contributed by atoms with Crippen LogP contribution in [0.25, 0.3) is 6.08 Å². The number of halogens is 1. The molecule has 29 heavy (non-hydrogen) atoms. The summed E-state index contributed by atoms with van der Waals surface area (Å²) in [6.45, 7) is 4.57. The van der Waals surface area contributed by atoms with Crippen molar-refractivity contribution in [2.45, 2.75) is 19.9 Å². The summed E-state index contributed by atoms with van der Waals surface area (Å²) < 4.78 is 11.1. The molecule has 0 aliphatic carbocycles. The quantitative estimate of drug-likeness (QED) is 0.609. The van der Waals surface area contributed by atoms with Crippen LogP contribution in [0.1, 0.15) is 31.0 Å². The number of rotatable bonds is 9. The van der Waals surface area contributed by atoms with E-state index in [4.69, 9.17) is 26.8 Å². The summed E-state index contributed by atoms with van der Waals surface area (Å²) in [6, 6.07) is 11.3. The zero-order chi connectivity index (χ0) is 21.4. The Morgan fingerprint density at radius 1 is 1.21 bits per heavy atom. The lowest BCUT2D eigenvalue weighted by atomic mass is 10.1. The highest BCUT2D eigenvalue weighted by molar-refractivity contribution is 6.32. The molecule has 0 spiro atoms. The van der Waals surface area contributed by atoms with Crippen LogP contribution in [0.2, 0.25) is 5.02 Å². The van der Waals surface area contributed by atoms with Gasteiger partial charge in [-0.3, -0.25) is 9.59 Å². The van der Waals surface area contributed by atoms with Gasteiger partial charge < -0.3 is 20.5 Å². The second-order valence-corrected chi connectivity index (χ2v) is 7.23. The molecule has 0 heterocycles. The molecular weight excluding hydrogens is 392 g/mol. The van der Waals surface area contributed by atoms with Crippen LogP contribution in [0.4, 0.5) is 0 Å². The molecule has 7 heteroatoms. The van der Waals surface area contributed by atoms with E-state index in [0.717, 1.165) is 0 Å². The maximum Gasteiger partial charge on any atom is 0.244 e. The predicted molar refractivity (Wildman–Crippen MR) is 114 cm³/mol. The van der Waals surface area contributed by atoms with Gasteiger partial charge in [-0.25, -0.2) is 0 Å². The number of primary amides is 1. The highest BCUT2D eigenvalue weighted by Gasteiger charge is 2.19. The first-order valence-electron chi connectivity index (χ1n) is 9.15. The number of hydrogen-bond acceptors (Lipinski definition) is 4. The summed E-state index contributed by atoms with van der Waals surface area (Å²) in [7, 11) is 1.52. The molecule has 1 unspecified atom stereocenters. The van der Waals surface area contributed by atoms with Gasteiger partial charge in [0, 0.05) is 6.08 Å². The number of amides is 2. The van der Waals surface area contributed by atoms with Crippen LogP contribution in [-0.2, 0) is 9.59 Å². The van der Waals surface area contributed by atoms with E-state index in [9.17, 15) is 9.59 Å². The molecule has 2 amide bonds. The van der Waals surface area contributed by atoms with Gasteiger partial charge in [0.15, 0.2) is 11.5 Å². The average Bonchev–Trinajstić information content (AvgIpc) is 2.69. The molecule has 0 aromatic heterocycles. The average molecular weight is 417 g/mol. The van der Waals surface area contributed by atoms with Crippen molar-refractivity contribution in [2.24, 2.45) is 11.7 Å². The monoisotopic (exact) mass is 416 g/mol. The number of nitrogens with two attached hydrogens (primary N) is 1. The first-order chi connectivity index (χ1) is 13.8. The van der Waals surface area contributed by atoms with Crippen molar-refractivity contribution in [3.63, 3.8) is 0 Å². The lowest BCUT2D eigenvalue weighted by molar-refractivity contribution is -0.125. The van der Waals surface area contributed by atoms with Gasteiger partial charge in [0.05, 0.1) is 18.7 Å². The van der Waals surface area contributed by atoms with E-state index in [1.807, 2.05) is 19.9 Å². The largest absolute Gasteiger partial charge is 0.493 e. The second-order valence-electron chi connectivity index (χ2n) is 6.83. The molecule has 0 saturated carbocycles. The van der Waals surface area contributed by atoms with Crippen molar-refractivity contribution in [1.29, 1.82) is 0 Å². The van der Waals surface area contributed by atoms with E-state index in [-0.39, 0.29) is 0 Å². The molecule has 0 bridgehead atoms. The van der Waals surface area contributed by atoms with Crippen LogP contribution < -0.4 is 20.5 Å². The van der Waals surface area contributed by atoms with Crippen LogP contribution in [0.5, 0.6) is 11.5 Å². The fourth-order valence-electron chi connectivity index (χ4n) is 2.55. The molecule has 6 nitrogen and oxygen atoms in total. The summed E-state index contributed by atoms with van der Waals surface area (Å²) >= 11 is 6.32. The van der Waals surface area contributed by atoms with Gasteiger partial charge in [0.2, 0.25) is 11.8 Å². The van der Waals surface area contributed by atoms with Crippen LogP contribution in [0, 0.1) is 5.92 Å². The van der Waals surface area contributed by atoms with E-state index < -0.39 is 17.9 Å². The van der Waals surface area contributed by atoms with Crippen LogP contribution in [-0.4, -0.2) is 25.5 Å². The highest BCUT2D eigenvalue weighted by Crippen LogP contribution is 2.37. The van der Waals surface area contributed by atoms with Gasteiger partial charge >= 0.3 is 0 Å². The summed E-state index contributed by atoms with van der Waals surface area (Å²) in [5, 5.41) is 2.98. The highest BCUT2D eigenvalue weighted by atomic mass is 35.5. The molecule has 2 aromatic carbocycles. The molecule has 1 atom stereocenters. The Morgan fingerprint density at radius 2 is 1.90 bits per heavy atom. The van der Waals surface area contributed by atoms with Crippen LogP contribution >= 0.6 is 11.6 Å². The standard InChI is InChI=1S/C22H25ClN2O4/c1-14(2)13-29-21-17(23)11-15(12-18(21)28-3)9-10-19(26)25-20(22(24)27)16-7-5-4-6-8-16/h4-12,14,20H,13H2,1-3H3,(H2,24,27)(H,25,26). The van der Waals surface area contributed by atoms with Crippen molar-refractivity contribution in [1.82, 2.24) is 5.32 Å². The molecule has 3 N–H and O–H groups in total. The maximum absolute atomic E-state index is 12.3. The molecule has 154 valence electrons. The first kappa shape index (κ1) is 22.3. The van der Waals surface area contributed by atoms with Gasteiger partial charge in [0.1, 0.15) is 6.04 Å². The molecule has 0 aliphatic rings. The number of ether oxygens (including phenoxy) is 2. The molecule has 0 fully saturated rings. The molecular formula is C22H25ClN2O4. The third-order valence-electron chi connectivity index (χ3n) is 3.94. The van der Waals surface area contributed by atoms with Gasteiger partial charge in [-0.05, 0) is 35.3 Å². The van der Waals surface area contributed by atoms with E-state index in [1.54, 1.807) is 42.5 Å². The topological polar surface area (TPSA) is 90.6 Å². The van der Waals surface area contributed by atoms with E-state index in [0.29, 0.717) is 40.2 Å². The Balaban J connectivity index is 2.14. The van der Waals surface area contributed by atoms with E-state index >= 15 is 0 Å². The number of carbonyl (C=O) groups is 2. The summed E-state index contributed by atoms with van der Waals surface area (Å²) in [5.74, 6) is 0.156. The maximum atomic E-state index is 12.3. The van der Waals surface area contributed by atoms with Crippen LogP contribution in [0.15, 0.2) is 48.5 Å².